The topological polar surface area (TPSA) is 133 Å². The van der Waals surface area contributed by atoms with Crippen LogP contribution in [0.25, 0.3) is 0 Å². The highest BCUT2D eigenvalue weighted by Gasteiger charge is 2.34. The molecule has 0 heterocycles. The van der Waals surface area contributed by atoms with E-state index in [2.05, 4.69) is 10.6 Å². The summed E-state index contributed by atoms with van der Waals surface area (Å²) < 4.78 is 25.9. The molecule has 2 aromatic carbocycles. The van der Waals surface area contributed by atoms with Crippen molar-refractivity contribution in [3.63, 3.8) is 0 Å². The molecule has 3 N–H and O–H groups in total. The predicted octanol–water partition coefficient (Wildman–Crippen LogP) is 2.44. The maximum absolute atomic E-state index is 12.5. The third-order valence-corrected chi connectivity index (χ3v) is 7.13. The first-order chi connectivity index (χ1) is 14.1. The van der Waals surface area contributed by atoms with Crippen molar-refractivity contribution in [2.24, 2.45) is 5.41 Å². The Morgan fingerprint density at radius 2 is 1.71 bits per heavy atom. The van der Waals surface area contributed by atoms with E-state index in [0.717, 1.165) is 4.31 Å². The molecule has 0 aliphatic heterocycles. The summed E-state index contributed by atoms with van der Waals surface area (Å²) in [5, 5.41) is 15.8. The molecule has 9 nitrogen and oxygen atoms in total. The van der Waals surface area contributed by atoms with Crippen molar-refractivity contribution in [2.45, 2.75) is 45.1 Å². The van der Waals surface area contributed by atoms with E-state index >= 15 is 0 Å². The monoisotopic (exact) mass is 471 g/mol. The molecule has 1 unspecified atom stereocenters. The smallest absolute Gasteiger partial charge is 0.253 e. The molecule has 2 aromatic rings. The molecular weight excluding hydrogens is 446 g/mol. The van der Waals surface area contributed by atoms with E-state index in [9.17, 15) is 27.9 Å². The molecular formula is C20H26ClN3O6S. The van der Waals surface area contributed by atoms with Crippen molar-refractivity contribution in [1.29, 1.82) is 0 Å². The molecule has 11 heteroatoms. The number of phenolic OH excluding ortho intramolecular Hbond substituents is 1. The van der Waals surface area contributed by atoms with Gasteiger partial charge in [-0.25, -0.2) is 12.7 Å². The van der Waals surface area contributed by atoms with Gasteiger partial charge in [0.2, 0.25) is 10.0 Å². The Morgan fingerprint density at radius 1 is 1.16 bits per heavy atom. The van der Waals surface area contributed by atoms with Crippen molar-refractivity contribution in [3.05, 3.63) is 37.6 Å². The summed E-state index contributed by atoms with van der Waals surface area (Å²) in [6.07, 6.45) is 0.233. The summed E-state index contributed by atoms with van der Waals surface area (Å²) in [7, 11) is -1.53. The second-order valence-corrected chi connectivity index (χ2v) is 10.9. The summed E-state index contributed by atoms with van der Waals surface area (Å²) in [6, 6.07) is 1.80. The minimum absolute atomic E-state index is 0.0990. The van der Waals surface area contributed by atoms with Gasteiger partial charge in [-0.1, -0.05) is 39.3 Å². The Hall–Kier alpha value is -2.43. The largest absolute Gasteiger partial charge is 0.504 e. The number of nitrogens with zero attached hydrogens (tertiary/aromatic N) is 1. The number of phenols is 1. The van der Waals surface area contributed by atoms with Gasteiger partial charge in [0.25, 0.3) is 10.9 Å². The molecule has 170 valence electrons. The first-order valence-electron chi connectivity index (χ1n) is 9.48. The maximum atomic E-state index is 12.5. The van der Waals surface area contributed by atoms with Gasteiger partial charge < -0.3 is 15.7 Å². The highest BCUT2D eigenvalue weighted by Crippen LogP contribution is 2.39. The lowest BCUT2D eigenvalue weighted by atomic mass is 9.83. The van der Waals surface area contributed by atoms with Crippen molar-refractivity contribution in [2.75, 3.05) is 24.7 Å². The Balaban J connectivity index is 2.52. The van der Waals surface area contributed by atoms with Crippen molar-refractivity contribution in [1.82, 2.24) is 4.31 Å². The molecule has 0 radical (unpaired) electrons. The molecule has 0 saturated heterocycles. The van der Waals surface area contributed by atoms with E-state index in [1.54, 1.807) is 6.92 Å². The zero-order valence-electron chi connectivity index (χ0n) is 18.2. The second kappa shape index (κ2) is 8.60. The van der Waals surface area contributed by atoms with E-state index in [1.165, 1.54) is 26.2 Å². The average molecular weight is 472 g/mol. The number of halogens is 1. The summed E-state index contributed by atoms with van der Waals surface area (Å²) >= 11 is 5.99. The van der Waals surface area contributed by atoms with Crippen LogP contribution >= 0.6 is 11.6 Å². The molecule has 31 heavy (non-hydrogen) atoms. The first kappa shape index (κ1) is 24.8. The summed E-state index contributed by atoms with van der Waals surface area (Å²) in [4.78, 5) is 36.2. The summed E-state index contributed by atoms with van der Waals surface area (Å²) in [5.41, 5.74) is -2.61. The van der Waals surface area contributed by atoms with Gasteiger partial charge in [0.1, 0.15) is 16.3 Å². The molecule has 0 fully saturated rings. The number of anilines is 3. The van der Waals surface area contributed by atoms with E-state index in [4.69, 9.17) is 11.6 Å². The van der Waals surface area contributed by atoms with Gasteiger partial charge in [0.05, 0.1) is 16.8 Å². The summed E-state index contributed by atoms with van der Waals surface area (Å²) in [5.74, 6) is -0.836. The minimum atomic E-state index is -4.09. The third kappa shape index (κ3) is 4.60. The summed E-state index contributed by atoms with van der Waals surface area (Å²) in [6.45, 7) is 7.16. The Morgan fingerprint density at radius 3 is 2.19 bits per heavy atom. The first-order valence-corrected chi connectivity index (χ1v) is 11.3. The number of sulfonamides is 1. The Kier molecular flexibility index (Phi) is 6.89. The normalized spacial score (nSPS) is 13.4. The number of hydrogen-bond acceptors (Lipinski definition) is 8. The van der Waals surface area contributed by atoms with E-state index in [1.807, 2.05) is 20.8 Å². The van der Waals surface area contributed by atoms with E-state index in [0.29, 0.717) is 0 Å². The number of Topliss-reactive ketones (excluding diaryl/α,β-unsaturated/α-hetero) is 1. The predicted molar refractivity (Wildman–Crippen MR) is 121 cm³/mol. The zero-order chi connectivity index (χ0) is 23.9. The molecule has 0 bridgehead atoms. The van der Waals surface area contributed by atoms with Crippen LogP contribution in [0.2, 0.25) is 5.02 Å². The van der Waals surface area contributed by atoms with Gasteiger partial charge in [-0.2, -0.15) is 0 Å². The van der Waals surface area contributed by atoms with Gasteiger partial charge in [-0.15, -0.1) is 0 Å². The molecule has 2 rings (SSSR count). The van der Waals surface area contributed by atoms with Crippen molar-refractivity contribution >= 4 is 44.5 Å². The third-order valence-electron chi connectivity index (χ3n) is 4.82. The van der Waals surface area contributed by atoms with Crippen LogP contribution in [0.3, 0.4) is 0 Å². The number of carbonyl (C=O) groups excluding carboxylic acids is 1. The fraction of sp³-hybridized carbons (Fsp3) is 0.450. The number of rotatable bonds is 8. The number of aromatic hydroxyl groups is 1. The fourth-order valence-electron chi connectivity index (χ4n) is 2.99. The molecule has 0 aliphatic carbocycles. The van der Waals surface area contributed by atoms with Gasteiger partial charge in [0.15, 0.2) is 11.5 Å². The highest BCUT2D eigenvalue weighted by molar-refractivity contribution is 7.89. The van der Waals surface area contributed by atoms with Crippen LogP contribution in [0.5, 0.6) is 5.75 Å². The molecule has 0 spiro atoms. The van der Waals surface area contributed by atoms with Crippen molar-refractivity contribution < 1.29 is 18.3 Å². The lowest BCUT2D eigenvalue weighted by Gasteiger charge is -2.32. The number of nitrogens with one attached hydrogen (secondary N) is 2. The highest BCUT2D eigenvalue weighted by atomic mass is 35.5. The van der Waals surface area contributed by atoms with Crippen LogP contribution in [-0.2, 0) is 14.8 Å². The lowest BCUT2D eigenvalue weighted by Crippen LogP contribution is -2.46. The van der Waals surface area contributed by atoms with Crippen LogP contribution in [0.4, 0.5) is 17.1 Å². The van der Waals surface area contributed by atoms with Crippen LogP contribution < -0.4 is 21.5 Å². The molecule has 0 aromatic heterocycles. The SMILES string of the molecule is CCC(=O)C(Nc1c(Nc2ccc(Cl)c(S(=O)(=O)N(C)C)c2O)c(=O)c1=O)C(C)(C)C. The van der Waals surface area contributed by atoms with Crippen molar-refractivity contribution in [3.8, 4) is 5.75 Å². The van der Waals surface area contributed by atoms with Crippen LogP contribution in [0, 0.1) is 5.41 Å². The maximum Gasteiger partial charge on any atom is 0.253 e. The van der Waals surface area contributed by atoms with Crippen LogP contribution in [0.1, 0.15) is 34.1 Å². The quantitative estimate of drug-likeness (QED) is 0.395. The van der Waals surface area contributed by atoms with E-state index < -0.39 is 43.0 Å². The van der Waals surface area contributed by atoms with Crippen LogP contribution in [-0.4, -0.2) is 43.7 Å². The molecule has 0 amide bonds. The van der Waals surface area contributed by atoms with Gasteiger partial charge in [-0.05, 0) is 17.5 Å². The van der Waals surface area contributed by atoms with Crippen LogP contribution in [0.15, 0.2) is 26.6 Å². The van der Waals surface area contributed by atoms with Gasteiger partial charge >= 0.3 is 0 Å². The Bertz CT molecular complexity index is 1190. The Labute approximate surface area is 185 Å². The van der Waals surface area contributed by atoms with E-state index in [-0.39, 0.29) is 34.3 Å². The second-order valence-electron chi connectivity index (χ2n) is 8.36. The number of carbonyl (C=O) groups is 1. The zero-order valence-corrected chi connectivity index (χ0v) is 19.7. The minimum Gasteiger partial charge on any atom is -0.504 e. The average Bonchev–Trinajstić information content (AvgIpc) is 2.66. The van der Waals surface area contributed by atoms with Gasteiger partial charge in [-0.3, -0.25) is 14.4 Å². The number of ketones is 1. The lowest BCUT2D eigenvalue weighted by molar-refractivity contribution is -0.121. The molecule has 1 atom stereocenters. The van der Waals surface area contributed by atoms with Gasteiger partial charge in [0, 0.05) is 20.5 Å². The molecule has 0 saturated carbocycles. The fourth-order valence-corrected chi connectivity index (χ4v) is 4.47. The molecule has 0 aliphatic rings. The standard InChI is InChI=1S/C20H26ClN3O6S/c1-7-12(25)19(20(2,3)4)23-14-13(16(27)17(14)28)22-11-9-8-10(21)18(15(11)26)31(29,30)24(5)6/h8-9,19,22-23,26H,7H2,1-6H3. The number of hydrogen-bond donors (Lipinski definition) is 3. The number of benzene rings is 1.